The molecule has 1 saturated heterocycles. The third-order valence-corrected chi connectivity index (χ3v) is 5.71. The van der Waals surface area contributed by atoms with Crippen LogP contribution in [-0.2, 0) is 14.3 Å². The van der Waals surface area contributed by atoms with E-state index in [1.165, 1.54) is 6.42 Å². The van der Waals surface area contributed by atoms with Gasteiger partial charge in [-0.3, -0.25) is 4.79 Å². The third kappa shape index (κ3) is 2.43. The molecule has 1 saturated carbocycles. The Bertz CT molecular complexity index is 368. The minimum atomic E-state index is -0.667. The first-order valence-corrected chi connectivity index (χ1v) is 8.10. The van der Waals surface area contributed by atoms with E-state index in [1.807, 2.05) is 13.8 Å². The molecule has 2 fully saturated rings. The van der Waals surface area contributed by atoms with Crippen LogP contribution in [0.4, 0.5) is 0 Å². The second kappa shape index (κ2) is 5.42. The van der Waals surface area contributed by atoms with Gasteiger partial charge in [0, 0.05) is 11.8 Å². The number of hydrogen-bond acceptors (Lipinski definition) is 3. The van der Waals surface area contributed by atoms with E-state index in [9.17, 15) is 4.79 Å². The highest BCUT2D eigenvalue weighted by molar-refractivity contribution is 5.91. The van der Waals surface area contributed by atoms with Crippen LogP contribution in [0.15, 0.2) is 0 Å². The average molecular weight is 282 g/mol. The summed E-state index contributed by atoms with van der Waals surface area (Å²) in [5.74, 6) is 0.346. The maximum absolute atomic E-state index is 13.1. The lowest BCUT2D eigenvalue weighted by atomic mass is 9.58. The Morgan fingerprint density at radius 2 is 1.75 bits per heavy atom. The van der Waals surface area contributed by atoms with Gasteiger partial charge in [-0.2, -0.15) is 0 Å². The fraction of sp³-hybridized carbons (Fsp3) is 0.941. The van der Waals surface area contributed by atoms with Crippen LogP contribution >= 0.6 is 0 Å². The Morgan fingerprint density at radius 1 is 1.15 bits per heavy atom. The summed E-state index contributed by atoms with van der Waals surface area (Å²) in [6.45, 7) is 11.9. The summed E-state index contributed by atoms with van der Waals surface area (Å²) >= 11 is 0. The summed E-state index contributed by atoms with van der Waals surface area (Å²) in [6.07, 6.45) is 5.02. The van der Waals surface area contributed by atoms with Gasteiger partial charge in [0.2, 0.25) is 0 Å². The first-order chi connectivity index (χ1) is 9.27. The zero-order valence-electron chi connectivity index (χ0n) is 13.8. The largest absolute Gasteiger partial charge is 0.347 e. The molecule has 2 rings (SSSR count). The summed E-state index contributed by atoms with van der Waals surface area (Å²) in [5.41, 5.74) is -0.764. The van der Waals surface area contributed by atoms with E-state index in [4.69, 9.17) is 9.47 Å². The van der Waals surface area contributed by atoms with Gasteiger partial charge < -0.3 is 9.47 Å². The molecule has 1 aliphatic heterocycles. The number of rotatable bonds is 4. The van der Waals surface area contributed by atoms with Crippen molar-refractivity contribution in [1.29, 1.82) is 0 Å². The van der Waals surface area contributed by atoms with Gasteiger partial charge in [0.15, 0.2) is 5.79 Å². The van der Waals surface area contributed by atoms with Crippen molar-refractivity contribution in [2.24, 2.45) is 16.7 Å². The molecule has 2 aliphatic rings. The third-order valence-electron chi connectivity index (χ3n) is 5.71. The number of carbonyl (C=O) groups is 1. The van der Waals surface area contributed by atoms with Gasteiger partial charge in [-0.1, -0.05) is 27.2 Å². The molecule has 3 nitrogen and oxygen atoms in total. The van der Waals surface area contributed by atoms with Crippen LogP contribution < -0.4 is 0 Å². The molecule has 116 valence electrons. The smallest absolute Gasteiger partial charge is 0.180 e. The van der Waals surface area contributed by atoms with Crippen molar-refractivity contribution in [2.45, 2.75) is 72.5 Å². The fourth-order valence-corrected chi connectivity index (χ4v) is 3.76. The molecule has 1 spiro atoms. The molecule has 2 unspecified atom stereocenters. The van der Waals surface area contributed by atoms with Gasteiger partial charge in [0.25, 0.3) is 0 Å². The van der Waals surface area contributed by atoms with Crippen molar-refractivity contribution in [3.63, 3.8) is 0 Å². The van der Waals surface area contributed by atoms with E-state index < -0.39 is 11.2 Å². The first kappa shape index (κ1) is 16.0. The molecule has 0 amide bonds. The van der Waals surface area contributed by atoms with Crippen molar-refractivity contribution in [3.8, 4) is 0 Å². The predicted molar refractivity (Wildman–Crippen MR) is 79.5 cm³/mol. The highest BCUT2D eigenvalue weighted by Gasteiger charge is 2.61. The maximum atomic E-state index is 13.1. The Balaban J connectivity index is 2.14. The SMILES string of the molecule is CCC(C)CCC1(C)CCC2(OCCO2)C(C)(C)C1=O. The molecular formula is C17H30O3. The molecule has 2 atom stereocenters. The molecule has 0 bridgehead atoms. The summed E-state index contributed by atoms with van der Waals surface area (Å²) in [6, 6.07) is 0. The van der Waals surface area contributed by atoms with Gasteiger partial charge in [0.1, 0.15) is 5.78 Å². The van der Waals surface area contributed by atoms with Crippen LogP contribution in [0.25, 0.3) is 0 Å². The molecule has 0 aromatic carbocycles. The number of hydrogen-bond donors (Lipinski definition) is 0. The molecule has 0 radical (unpaired) electrons. The van der Waals surface area contributed by atoms with Crippen LogP contribution in [0, 0.1) is 16.7 Å². The molecular weight excluding hydrogens is 252 g/mol. The molecule has 3 heteroatoms. The van der Waals surface area contributed by atoms with E-state index in [0.717, 1.165) is 25.7 Å². The Hall–Kier alpha value is -0.410. The standard InChI is InChI=1S/C17H30O3/c1-6-13(2)7-8-16(5)9-10-17(19-11-12-20-17)15(3,4)14(16)18/h13H,6-12H2,1-5H3. The number of carbonyl (C=O) groups excluding carboxylic acids is 1. The Kier molecular flexibility index (Phi) is 4.32. The zero-order valence-corrected chi connectivity index (χ0v) is 13.8. The van der Waals surface area contributed by atoms with Crippen LogP contribution in [0.1, 0.15) is 66.7 Å². The van der Waals surface area contributed by atoms with Crippen molar-refractivity contribution >= 4 is 5.78 Å². The lowest BCUT2D eigenvalue weighted by Crippen LogP contribution is -2.59. The summed E-state index contributed by atoms with van der Waals surface area (Å²) in [4.78, 5) is 13.1. The van der Waals surface area contributed by atoms with Crippen molar-refractivity contribution in [2.75, 3.05) is 13.2 Å². The summed E-state index contributed by atoms with van der Waals surface area (Å²) in [5, 5.41) is 0. The molecule has 0 N–H and O–H groups in total. The second-order valence-corrected chi connectivity index (χ2v) is 7.52. The van der Waals surface area contributed by atoms with E-state index in [2.05, 4.69) is 20.8 Å². The van der Waals surface area contributed by atoms with Crippen LogP contribution in [0.3, 0.4) is 0 Å². The Labute approximate surface area is 123 Å². The van der Waals surface area contributed by atoms with Gasteiger partial charge in [-0.25, -0.2) is 0 Å². The number of ether oxygens (including phenoxy) is 2. The van der Waals surface area contributed by atoms with Crippen LogP contribution in [0.2, 0.25) is 0 Å². The highest BCUT2D eigenvalue weighted by atomic mass is 16.7. The lowest BCUT2D eigenvalue weighted by Gasteiger charge is -2.51. The minimum absolute atomic E-state index is 0.215. The Morgan fingerprint density at radius 3 is 2.30 bits per heavy atom. The van der Waals surface area contributed by atoms with E-state index in [-0.39, 0.29) is 5.41 Å². The van der Waals surface area contributed by atoms with Crippen LogP contribution in [-0.4, -0.2) is 24.8 Å². The molecule has 1 aliphatic carbocycles. The molecule has 0 aromatic heterocycles. The molecule has 0 aromatic rings. The zero-order chi connectivity index (χ0) is 15.0. The summed E-state index contributed by atoms with van der Waals surface area (Å²) in [7, 11) is 0. The van der Waals surface area contributed by atoms with E-state index in [0.29, 0.717) is 24.9 Å². The second-order valence-electron chi connectivity index (χ2n) is 7.52. The maximum Gasteiger partial charge on any atom is 0.180 e. The molecule has 1 heterocycles. The summed E-state index contributed by atoms with van der Waals surface area (Å²) < 4.78 is 11.7. The van der Waals surface area contributed by atoms with Crippen molar-refractivity contribution in [3.05, 3.63) is 0 Å². The quantitative estimate of drug-likeness (QED) is 0.783. The van der Waals surface area contributed by atoms with E-state index >= 15 is 0 Å². The van der Waals surface area contributed by atoms with Crippen molar-refractivity contribution in [1.82, 2.24) is 0 Å². The van der Waals surface area contributed by atoms with Crippen LogP contribution in [0.5, 0.6) is 0 Å². The molecule has 20 heavy (non-hydrogen) atoms. The van der Waals surface area contributed by atoms with Crippen molar-refractivity contribution < 1.29 is 14.3 Å². The average Bonchev–Trinajstić information content (AvgIpc) is 2.90. The number of ketones is 1. The fourth-order valence-electron chi connectivity index (χ4n) is 3.76. The van der Waals surface area contributed by atoms with E-state index in [1.54, 1.807) is 0 Å². The number of Topliss-reactive ketones (excluding diaryl/α,β-unsaturated/α-hetero) is 1. The normalized spacial score (nSPS) is 33.5. The predicted octanol–water partition coefficient (Wildman–Crippen LogP) is 3.95. The van der Waals surface area contributed by atoms with Gasteiger partial charge in [-0.15, -0.1) is 0 Å². The van der Waals surface area contributed by atoms with Gasteiger partial charge >= 0.3 is 0 Å². The monoisotopic (exact) mass is 282 g/mol. The minimum Gasteiger partial charge on any atom is -0.347 e. The van der Waals surface area contributed by atoms with Gasteiger partial charge in [-0.05, 0) is 39.0 Å². The van der Waals surface area contributed by atoms with Gasteiger partial charge in [0.05, 0.1) is 18.6 Å². The highest BCUT2D eigenvalue weighted by Crippen LogP contribution is 2.54. The first-order valence-electron chi connectivity index (χ1n) is 8.10. The topological polar surface area (TPSA) is 35.5 Å². The lowest BCUT2D eigenvalue weighted by molar-refractivity contribution is -0.247.